The van der Waals surface area contributed by atoms with E-state index in [1.807, 2.05) is 0 Å². The van der Waals surface area contributed by atoms with Crippen LogP contribution in [0.4, 0.5) is 0 Å². The zero-order valence-corrected chi connectivity index (χ0v) is 11.3. The average molecular weight is 288 g/mol. The number of aromatic nitrogens is 3. The molecule has 2 heterocycles. The Labute approximate surface area is 120 Å². The Morgan fingerprint density at radius 1 is 1.43 bits per heavy atom. The van der Waals surface area contributed by atoms with Crippen molar-refractivity contribution in [2.75, 3.05) is 6.54 Å². The lowest BCUT2D eigenvalue weighted by molar-refractivity contribution is 0.0908. The van der Waals surface area contributed by atoms with Crippen LogP contribution in [0.2, 0.25) is 0 Å². The molecule has 2 aromatic rings. The minimum Gasteiger partial charge on any atom is -0.385 e. The van der Waals surface area contributed by atoms with Crippen molar-refractivity contribution < 1.29 is 9.90 Å². The Morgan fingerprint density at radius 3 is 3.10 bits per heavy atom. The first-order valence-corrected chi connectivity index (χ1v) is 6.87. The third-order valence-corrected chi connectivity index (χ3v) is 3.63. The van der Waals surface area contributed by atoms with Gasteiger partial charge in [0.1, 0.15) is 6.10 Å². The van der Waals surface area contributed by atoms with Crippen LogP contribution in [-0.2, 0) is 12.8 Å². The quantitative estimate of drug-likeness (QED) is 0.637. The Hall–Kier alpha value is -2.41. The largest absolute Gasteiger partial charge is 0.385 e. The molecule has 110 valence electrons. The lowest BCUT2D eigenvalue weighted by Crippen LogP contribution is -2.30. The number of carbonyl (C=O) groups is 1. The number of nitrogens with one attached hydrogen (secondary N) is 3. The first-order valence-electron chi connectivity index (χ1n) is 6.87. The molecule has 0 aromatic carbocycles. The summed E-state index contributed by atoms with van der Waals surface area (Å²) in [5, 5.41) is 19.5. The molecule has 4 N–H and O–H groups in total. The van der Waals surface area contributed by atoms with Gasteiger partial charge in [-0.2, -0.15) is 5.10 Å². The van der Waals surface area contributed by atoms with Crippen molar-refractivity contribution in [2.24, 2.45) is 0 Å². The summed E-state index contributed by atoms with van der Waals surface area (Å²) in [6, 6.07) is 4.52. The SMILES string of the molecule is O=C(NCC(O)c1cccc(=O)[nH]1)c1n[nH]c2c1CCC2. The predicted octanol–water partition coefficient (Wildman–Crippen LogP) is 0.0501. The molecule has 1 amide bonds. The number of aryl methyl sites for hydroxylation is 1. The molecule has 3 rings (SSSR count). The smallest absolute Gasteiger partial charge is 0.272 e. The molecule has 0 fully saturated rings. The van der Waals surface area contributed by atoms with Gasteiger partial charge in [-0.1, -0.05) is 6.07 Å². The third kappa shape index (κ3) is 2.73. The van der Waals surface area contributed by atoms with Crippen molar-refractivity contribution in [3.05, 3.63) is 51.2 Å². The maximum Gasteiger partial charge on any atom is 0.272 e. The van der Waals surface area contributed by atoms with Gasteiger partial charge in [0, 0.05) is 29.6 Å². The number of rotatable bonds is 4. The standard InChI is InChI=1S/C14H16N4O3/c19-11(10-5-2-6-12(20)16-10)7-15-14(21)13-8-3-1-4-9(8)17-18-13/h2,5-6,11,19H,1,3-4,7H2,(H,15,21)(H,16,20)(H,17,18). The number of carbonyl (C=O) groups excluding carboxylic acids is 1. The van der Waals surface area contributed by atoms with Crippen LogP contribution < -0.4 is 10.9 Å². The first-order chi connectivity index (χ1) is 10.1. The van der Waals surface area contributed by atoms with Crippen molar-refractivity contribution in [2.45, 2.75) is 25.4 Å². The topological polar surface area (TPSA) is 111 Å². The minimum atomic E-state index is -0.963. The van der Waals surface area contributed by atoms with E-state index in [0.29, 0.717) is 11.4 Å². The van der Waals surface area contributed by atoms with E-state index in [1.165, 1.54) is 6.07 Å². The van der Waals surface area contributed by atoms with Gasteiger partial charge < -0.3 is 15.4 Å². The monoisotopic (exact) mass is 288 g/mol. The number of aromatic amines is 2. The Bertz CT molecular complexity index is 719. The summed E-state index contributed by atoms with van der Waals surface area (Å²) in [6.07, 6.45) is 1.83. The minimum absolute atomic E-state index is 0.0143. The summed E-state index contributed by atoms with van der Waals surface area (Å²) in [5.41, 5.74) is 2.47. The van der Waals surface area contributed by atoms with Gasteiger partial charge in [-0.25, -0.2) is 0 Å². The van der Waals surface area contributed by atoms with E-state index in [9.17, 15) is 14.7 Å². The number of hydrogen-bond donors (Lipinski definition) is 4. The summed E-state index contributed by atoms with van der Waals surface area (Å²) < 4.78 is 0. The highest BCUT2D eigenvalue weighted by molar-refractivity contribution is 5.94. The second kappa shape index (κ2) is 5.53. The van der Waals surface area contributed by atoms with Gasteiger partial charge in [0.2, 0.25) is 5.56 Å². The van der Waals surface area contributed by atoms with Crippen molar-refractivity contribution in [3.63, 3.8) is 0 Å². The lowest BCUT2D eigenvalue weighted by atomic mass is 10.2. The van der Waals surface area contributed by atoms with Crippen LogP contribution in [0, 0.1) is 0 Å². The molecule has 0 radical (unpaired) electrons. The van der Waals surface area contributed by atoms with Crippen molar-refractivity contribution in [1.29, 1.82) is 0 Å². The molecular formula is C14H16N4O3. The van der Waals surface area contributed by atoms with Crippen molar-refractivity contribution in [3.8, 4) is 0 Å². The summed E-state index contributed by atoms with van der Waals surface area (Å²) in [6.45, 7) is 0.0143. The molecular weight excluding hydrogens is 272 g/mol. The highest BCUT2D eigenvalue weighted by Crippen LogP contribution is 2.22. The number of H-pyrrole nitrogens is 2. The molecule has 1 aliphatic carbocycles. The molecule has 0 spiro atoms. The molecule has 0 saturated carbocycles. The number of amides is 1. The van der Waals surface area contributed by atoms with E-state index in [1.54, 1.807) is 12.1 Å². The van der Waals surface area contributed by atoms with Gasteiger partial charge in [0.25, 0.3) is 5.91 Å². The highest BCUT2D eigenvalue weighted by Gasteiger charge is 2.23. The fourth-order valence-corrected chi connectivity index (χ4v) is 2.55. The molecule has 2 aromatic heterocycles. The van der Waals surface area contributed by atoms with Gasteiger partial charge in [0.15, 0.2) is 5.69 Å². The van der Waals surface area contributed by atoms with Gasteiger partial charge in [0.05, 0.1) is 0 Å². The van der Waals surface area contributed by atoms with Crippen LogP contribution in [0.15, 0.2) is 23.0 Å². The van der Waals surface area contributed by atoms with Gasteiger partial charge >= 0.3 is 0 Å². The number of aliphatic hydroxyl groups excluding tert-OH is 1. The maximum atomic E-state index is 12.1. The Balaban J connectivity index is 1.64. The second-order valence-electron chi connectivity index (χ2n) is 5.08. The van der Waals surface area contributed by atoms with Gasteiger partial charge in [-0.05, 0) is 25.3 Å². The third-order valence-electron chi connectivity index (χ3n) is 3.63. The molecule has 1 atom stereocenters. The number of aliphatic hydroxyl groups is 1. The predicted molar refractivity (Wildman–Crippen MR) is 75.0 cm³/mol. The van der Waals surface area contributed by atoms with E-state index in [0.717, 1.165) is 30.5 Å². The number of hydrogen-bond acceptors (Lipinski definition) is 4. The van der Waals surface area contributed by atoms with Crippen molar-refractivity contribution >= 4 is 5.91 Å². The van der Waals surface area contributed by atoms with E-state index in [2.05, 4.69) is 20.5 Å². The van der Waals surface area contributed by atoms with Crippen LogP contribution in [0.5, 0.6) is 0 Å². The molecule has 21 heavy (non-hydrogen) atoms. The highest BCUT2D eigenvalue weighted by atomic mass is 16.3. The van der Waals surface area contributed by atoms with Crippen LogP contribution in [0.25, 0.3) is 0 Å². The molecule has 7 heteroatoms. The second-order valence-corrected chi connectivity index (χ2v) is 5.08. The van der Waals surface area contributed by atoms with E-state index >= 15 is 0 Å². The van der Waals surface area contributed by atoms with Gasteiger partial charge in [-0.3, -0.25) is 14.7 Å². The lowest BCUT2D eigenvalue weighted by Gasteiger charge is -2.11. The Morgan fingerprint density at radius 2 is 2.29 bits per heavy atom. The average Bonchev–Trinajstić information content (AvgIpc) is 3.07. The normalized spacial score (nSPS) is 14.7. The van der Waals surface area contributed by atoms with Crippen LogP contribution in [0.1, 0.15) is 40.0 Å². The molecule has 1 unspecified atom stereocenters. The van der Waals surface area contributed by atoms with E-state index in [4.69, 9.17) is 0 Å². The van der Waals surface area contributed by atoms with Crippen LogP contribution in [0.3, 0.4) is 0 Å². The zero-order chi connectivity index (χ0) is 14.8. The van der Waals surface area contributed by atoms with E-state index < -0.39 is 6.10 Å². The van der Waals surface area contributed by atoms with Gasteiger partial charge in [-0.15, -0.1) is 0 Å². The summed E-state index contributed by atoms with van der Waals surface area (Å²) in [5.74, 6) is -0.313. The first kappa shape index (κ1) is 13.6. The fraction of sp³-hybridized carbons (Fsp3) is 0.357. The molecule has 0 saturated heterocycles. The maximum absolute atomic E-state index is 12.1. The van der Waals surface area contributed by atoms with Crippen LogP contribution >= 0.6 is 0 Å². The summed E-state index contributed by atoms with van der Waals surface area (Å²) in [7, 11) is 0. The number of nitrogens with zero attached hydrogens (tertiary/aromatic N) is 1. The molecule has 0 aliphatic heterocycles. The Kier molecular flexibility index (Phi) is 3.57. The molecule has 0 bridgehead atoms. The van der Waals surface area contributed by atoms with Crippen molar-refractivity contribution in [1.82, 2.24) is 20.5 Å². The van der Waals surface area contributed by atoms with E-state index in [-0.39, 0.29) is 18.0 Å². The number of pyridine rings is 1. The fourth-order valence-electron chi connectivity index (χ4n) is 2.55. The molecule has 7 nitrogen and oxygen atoms in total. The summed E-state index contributed by atoms with van der Waals surface area (Å²) >= 11 is 0. The molecule has 1 aliphatic rings. The zero-order valence-electron chi connectivity index (χ0n) is 11.3. The summed E-state index contributed by atoms with van der Waals surface area (Å²) in [4.78, 5) is 25.8. The van der Waals surface area contributed by atoms with Crippen LogP contribution in [-0.4, -0.2) is 32.7 Å². The number of fused-ring (bicyclic) bond motifs is 1.